The molecule has 0 saturated heterocycles. The smallest absolute Gasteiger partial charge is 0.329 e. The van der Waals surface area contributed by atoms with Crippen molar-refractivity contribution >= 4 is 39.6 Å². The van der Waals surface area contributed by atoms with E-state index in [1.54, 1.807) is 37.4 Å². The molecule has 2 aromatic rings. The minimum absolute atomic E-state index is 0.542. The highest BCUT2D eigenvalue weighted by atomic mass is 79.9. The first-order valence-corrected chi connectivity index (χ1v) is 7.83. The molecule has 0 atom stereocenters. The van der Waals surface area contributed by atoms with Gasteiger partial charge in [0.15, 0.2) is 0 Å². The van der Waals surface area contributed by atoms with Gasteiger partial charge in [0.25, 0.3) is 0 Å². The first kappa shape index (κ1) is 17.7. The van der Waals surface area contributed by atoms with E-state index in [1.807, 2.05) is 19.1 Å². The minimum atomic E-state index is -0.856. The summed E-state index contributed by atoms with van der Waals surface area (Å²) in [5.41, 5.74) is 4.49. The second kappa shape index (κ2) is 8.26. The number of carbonyl (C=O) groups excluding carboxylic acids is 2. The van der Waals surface area contributed by atoms with Crippen molar-refractivity contribution in [1.29, 1.82) is 0 Å². The van der Waals surface area contributed by atoms with E-state index in [0.29, 0.717) is 17.0 Å². The van der Waals surface area contributed by atoms with Crippen molar-refractivity contribution in [2.75, 3.05) is 12.4 Å². The molecule has 0 unspecified atom stereocenters. The zero-order chi connectivity index (χ0) is 17.5. The number of ether oxygens (including phenoxy) is 1. The number of anilines is 1. The van der Waals surface area contributed by atoms with E-state index in [1.165, 1.54) is 6.21 Å². The summed E-state index contributed by atoms with van der Waals surface area (Å²) in [6, 6.07) is 12.4. The molecule has 0 aromatic heterocycles. The van der Waals surface area contributed by atoms with Crippen LogP contribution in [0.1, 0.15) is 11.1 Å². The number of nitrogens with one attached hydrogen (secondary N) is 2. The van der Waals surface area contributed by atoms with Crippen molar-refractivity contribution in [1.82, 2.24) is 5.43 Å². The molecule has 0 bridgehead atoms. The van der Waals surface area contributed by atoms with Crippen LogP contribution in [0, 0.1) is 6.92 Å². The van der Waals surface area contributed by atoms with Gasteiger partial charge in [-0.15, -0.1) is 0 Å². The quantitative estimate of drug-likeness (QED) is 0.479. The molecule has 6 nitrogen and oxygen atoms in total. The Morgan fingerprint density at radius 2 is 1.83 bits per heavy atom. The standard InChI is InChI=1S/C17H16BrN3O3/c1-11-3-5-13(6-4-11)20-16(22)17(23)21-19-10-12-9-14(24-2)7-8-15(12)18/h3-10H,1-2H3,(H,20,22)(H,21,23). The largest absolute Gasteiger partial charge is 0.497 e. The van der Waals surface area contributed by atoms with Crippen molar-refractivity contribution < 1.29 is 14.3 Å². The predicted molar refractivity (Wildman–Crippen MR) is 96.2 cm³/mol. The van der Waals surface area contributed by atoms with Crippen molar-refractivity contribution in [2.24, 2.45) is 5.10 Å². The van der Waals surface area contributed by atoms with Gasteiger partial charge in [-0.3, -0.25) is 9.59 Å². The monoisotopic (exact) mass is 389 g/mol. The van der Waals surface area contributed by atoms with Crippen molar-refractivity contribution in [2.45, 2.75) is 6.92 Å². The maximum absolute atomic E-state index is 11.8. The van der Waals surface area contributed by atoms with Crippen LogP contribution in [-0.4, -0.2) is 25.1 Å². The molecule has 0 saturated carbocycles. The zero-order valence-corrected chi connectivity index (χ0v) is 14.8. The third-order valence-electron chi connectivity index (χ3n) is 3.09. The Kier molecular flexibility index (Phi) is 6.08. The predicted octanol–water partition coefficient (Wildman–Crippen LogP) is 2.85. The van der Waals surface area contributed by atoms with E-state index in [0.717, 1.165) is 10.0 Å². The Morgan fingerprint density at radius 1 is 1.12 bits per heavy atom. The maximum atomic E-state index is 11.8. The fourth-order valence-corrected chi connectivity index (χ4v) is 2.13. The first-order valence-electron chi connectivity index (χ1n) is 7.04. The molecule has 2 rings (SSSR count). The molecule has 0 aliphatic carbocycles. The Balaban J connectivity index is 1.94. The molecular formula is C17H16BrN3O3. The number of hydrogen-bond donors (Lipinski definition) is 2. The highest BCUT2D eigenvalue weighted by Crippen LogP contribution is 2.20. The highest BCUT2D eigenvalue weighted by molar-refractivity contribution is 9.10. The van der Waals surface area contributed by atoms with Gasteiger partial charge in [0, 0.05) is 15.7 Å². The fourth-order valence-electron chi connectivity index (χ4n) is 1.78. The van der Waals surface area contributed by atoms with Crippen LogP contribution in [-0.2, 0) is 9.59 Å². The molecule has 0 fully saturated rings. The number of hydrazone groups is 1. The van der Waals surface area contributed by atoms with Crippen molar-refractivity contribution in [3.05, 3.63) is 58.1 Å². The number of halogens is 1. The maximum Gasteiger partial charge on any atom is 0.329 e. The van der Waals surface area contributed by atoms with Crippen LogP contribution in [0.3, 0.4) is 0 Å². The molecule has 0 heterocycles. The first-order chi connectivity index (χ1) is 11.5. The molecular weight excluding hydrogens is 374 g/mol. The van der Waals surface area contributed by atoms with Gasteiger partial charge in [-0.05, 0) is 37.3 Å². The lowest BCUT2D eigenvalue weighted by molar-refractivity contribution is -0.136. The number of carbonyl (C=O) groups is 2. The average Bonchev–Trinajstić information content (AvgIpc) is 2.58. The summed E-state index contributed by atoms with van der Waals surface area (Å²) in [6.07, 6.45) is 1.42. The van der Waals surface area contributed by atoms with Gasteiger partial charge in [-0.2, -0.15) is 5.10 Å². The lowest BCUT2D eigenvalue weighted by Crippen LogP contribution is -2.32. The van der Waals surface area contributed by atoms with E-state index in [2.05, 4.69) is 31.8 Å². The topological polar surface area (TPSA) is 79.8 Å². The number of aryl methyl sites for hydroxylation is 1. The molecule has 0 spiro atoms. The van der Waals surface area contributed by atoms with Crippen LogP contribution in [0.2, 0.25) is 0 Å². The van der Waals surface area contributed by atoms with E-state index in [9.17, 15) is 9.59 Å². The van der Waals surface area contributed by atoms with E-state index in [-0.39, 0.29) is 0 Å². The molecule has 0 aliphatic rings. The van der Waals surface area contributed by atoms with E-state index >= 15 is 0 Å². The number of amides is 2. The number of nitrogens with zero attached hydrogens (tertiary/aromatic N) is 1. The van der Waals surface area contributed by atoms with Crippen LogP contribution in [0.15, 0.2) is 52.0 Å². The fraction of sp³-hybridized carbons (Fsp3) is 0.118. The molecule has 2 aromatic carbocycles. The van der Waals surface area contributed by atoms with Crippen LogP contribution in [0.5, 0.6) is 5.75 Å². The third kappa shape index (κ3) is 4.92. The molecule has 2 N–H and O–H groups in total. The number of benzene rings is 2. The van der Waals surface area contributed by atoms with Crippen molar-refractivity contribution in [3.8, 4) is 5.75 Å². The van der Waals surface area contributed by atoms with Crippen LogP contribution >= 0.6 is 15.9 Å². The van der Waals surface area contributed by atoms with Gasteiger partial charge in [-0.25, -0.2) is 5.43 Å². The van der Waals surface area contributed by atoms with Crippen LogP contribution < -0.4 is 15.5 Å². The summed E-state index contributed by atoms with van der Waals surface area (Å²) in [5, 5.41) is 6.28. The van der Waals surface area contributed by atoms with Gasteiger partial charge < -0.3 is 10.1 Å². The summed E-state index contributed by atoms with van der Waals surface area (Å²) >= 11 is 3.37. The highest BCUT2D eigenvalue weighted by Gasteiger charge is 2.12. The number of rotatable bonds is 4. The second-order valence-electron chi connectivity index (χ2n) is 4.91. The summed E-state index contributed by atoms with van der Waals surface area (Å²) in [4.78, 5) is 23.5. The van der Waals surface area contributed by atoms with Gasteiger partial charge in [0.2, 0.25) is 0 Å². The normalized spacial score (nSPS) is 10.5. The SMILES string of the molecule is COc1ccc(Br)c(C=NNC(=O)C(=O)Nc2ccc(C)cc2)c1. The average molecular weight is 390 g/mol. The van der Waals surface area contributed by atoms with Crippen molar-refractivity contribution in [3.63, 3.8) is 0 Å². The Labute approximate surface area is 148 Å². The molecule has 124 valence electrons. The molecule has 2 amide bonds. The van der Waals surface area contributed by atoms with Gasteiger partial charge in [-0.1, -0.05) is 33.6 Å². The lowest BCUT2D eigenvalue weighted by Gasteiger charge is -2.05. The summed E-state index contributed by atoms with van der Waals surface area (Å²) in [6.45, 7) is 1.93. The summed E-state index contributed by atoms with van der Waals surface area (Å²) in [5.74, 6) is -0.991. The summed E-state index contributed by atoms with van der Waals surface area (Å²) < 4.78 is 5.90. The van der Waals surface area contributed by atoms with Crippen LogP contribution in [0.25, 0.3) is 0 Å². The number of hydrogen-bond acceptors (Lipinski definition) is 4. The molecule has 24 heavy (non-hydrogen) atoms. The van der Waals surface area contributed by atoms with Crippen LogP contribution in [0.4, 0.5) is 5.69 Å². The van der Waals surface area contributed by atoms with E-state index in [4.69, 9.17) is 4.74 Å². The minimum Gasteiger partial charge on any atom is -0.497 e. The lowest BCUT2D eigenvalue weighted by atomic mass is 10.2. The zero-order valence-electron chi connectivity index (χ0n) is 13.2. The molecule has 7 heteroatoms. The van der Waals surface area contributed by atoms with Gasteiger partial charge in [0.1, 0.15) is 5.75 Å². The number of methoxy groups -OCH3 is 1. The third-order valence-corrected chi connectivity index (χ3v) is 3.81. The van der Waals surface area contributed by atoms with E-state index < -0.39 is 11.8 Å². The Bertz CT molecular complexity index is 773. The van der Waals surface area contributed by atoms with Gasteiger partial charge in [0.05, 0.1) is 13.3 Å². The molecule has 0 aliphatic heterocycles. The second-order valence-corrected chi connectivity index (χ2v) is 5.76. The Morgan fingerprint density at radius 3 is 2.50 bits per heavy atom. The van der Waals surface area contributed by atoms with Gasteiger partial charge >= 0.3 is 11.8 Å². The Hall–Kier alpha value is -2.67. The molecule has 0 radical (unpaired) electrons. The summed E-state index contributed by atoms with van der Waals surface area (Å²) in [7, 11) is 1.56.